The van der Waals surface area contributed by atoms with Gasteiger partial charge in [-0.25, -0.2) is 9.97 Å². The molecule has 0 radical (unpaired) electrons. The highest BCUT2D eigenvalue weighted by Crippen LogP contribution is 2.24. The molecule has 2 aromatic carbocycles. The van der Waals surface area contributed by atoms with E-state index in [-0.39, 0.29) is 0 Å². The number of rotatable bonds is 2. The molecular weight excluding hydrogens is 248 g/mol. The van der Waals surface area contributed by atoms with Crippen LogP contribution in [0.1, 0.15) is 6.92 Å². The molecule has 4 aromatic rings. The Morgan fingerprint density at radius 2 is 1.70 bits per heavy atom. The predicted molar refractivity (Wildman–Crippen MR) is 80.5 cm³/mol. The molecule has 98 valence electrons. The largest absolute Gasteiger partial charge is 0.335 e. The first kappa shape index (κ1) is 11.2. The third-order valence-corrected chi connectivity index (χ3v) is 3.57. The third-order valence-electron chi connectivity index (χ3n) is 3.57. The molecular formula is C16H14N4. The van der Waals surface area contributed by atoms with Crippen molar-refractivity contribution in [1.29, 1.82) is 0 Å². The van der Waals surface area contributed by atoms with Crippen LogP contribution in [-0.2, 0) is 6.54 Å². The van der Waals surface area contributed by atoms with Gasteiger partial charge in [-0.3, -0.25) is 0 Å². The van der Waals surface area contributed by atoms with Crippen LogP contribution in [-0.4, -0.2) is 19.5 Å². The number of H-pyrrole nitrogens is 1. The fraction of sp³-hybridized carbons (Fsp3) is 0.125. The second kappa shape index (κ2) is 4.20. The summed E-state index contributed by atoms with van der Waals surface area (Å²) in [5, 5.41) is 0. The van der Waals surface area contributed by atoms with E-state index in [1.54, 1.807) is 0 Å². The Hall–Kier alpha value is -2.62. The Morgan fingerprint density at radius 3 is 2.50 bits per heavy atom. The van der Waals surface area contributed by atoms with Gasteiger partial charge in [0.2, 0.25) is 0 Å². The SMILES string of the molecule is CCn1c(-c2nc3ccccc3[nH]2)nc2ccccc21. The highest BCUT2D eigenvalue weighted by molar-refractivity contribution is 5.82. The number of hydrogen-bond donors (Lipinski definition) is 1. The molecule has 20 heavy (non-hydrogen) atoms. The Balaban J connectivity index is 2.01. The topological polar surface area (TPSA) is 46.5 Å². The van der Waals surface area contributed by atoms with Gasteiger partial charge in [-0.05, 0) is 31.2 Å². The average Bonchev–Trinajstić information content (AvgIpc) is 3.07. The lowest BCUT2D eigenvalue weighted by Gasteiger charge is -2.02. The molecule has 0 saturated heterocycles. The van der Waals surface area contributed by atoms with E-state index in [0.717, 1.165) is 40.3 Å². The summed E-state index contributed by atoms with van der Waals surface area (Å²) in [6, 6.07) is 16.2. The van der Waals surface area contributed by atoms with Crippen molar-refractivity contribution in [2.75, 3.05) is 0 Å². The zero-order valence-corrected chi connectivity index (χ0v) is 11.2. The quantitative estimate of drug-likeness (QED) is 0.600. The number of nitrogens with one attached hydrogen (secondary N) is 1. The van der Waals surface area contributed by atoms with Crippen molar-refractivity contribution < 1.29 is 0 Å². The maximum Gasteiger partial charge on any atom is 0.177 e. The number of aromatic nitrogens is 4. The second-order valence-electron chi connectivity index (χ2n) is 4.77. The maximum absolute atomic E-state index is 4.72. The molecule has 0 saturated carbocycles. The number of imidazole rings is 2. The minimum Gasteiger partial charge on any atom is -0.335 e. The standard InChI is InChI=1S/C16H14N4/c1-2-20-14-10-6-5-9-13(14)19-16(20)15-17-11-7-3-4-8-12(11)18-15/h3-10H,2H2,1H3,(H,17,18). The van der Waals surface area contributed by atoms with Gasteiger partial charge in [0.15, 0.2) is 11.6 Å². The number of aryl methyl sites for hydroxylation is 1. The maximum atomic E-state index is 4.72. The molecule has 4 nitrogen and oxygen atoms in total. The number of aromatic amines is 1. The van der Waals surface area contributed by atoms with Crippen molar-refractivity contribution in [3.05, 3.63) is 48.5 Å². The van der Waals surface area contributed by atoms with E-state index >= 15 is 0 Å². The van der Waals surface area contributed by atoms with E-state index in [1.165, 1.54) is 0 Å². The van der Waals surface area contributed by atoms with Crippen molar-refractivity contribution in [2.24, 2.45) is 0 Å². The molecule has 0 spiro atoms. The zero-order valence-electron chi connectivity index (χ0n) is 11.2. The zero-order chi connectivity index (χ0) is 13.5. The van der Waals surface area contributed by atoms with Gasteiger partial charge in [-0.15, -0.1) is 0 Å². The number of nitrogens with zero attached hydrogens (tertiary/aromatic N) is 3. The molecule has 0 fully saturated rings. The lowest BCUT2D eigenvalue weighted by atomic mass is 10.3. The van der Waals surface area contributed by atoms with E-state index in [1.807, 2.05) is 42.5 Å². The normalized spacial score (nSPS) is 11.4. The van der Waals surface area contributed by atoms with Gasteiger partial charge < -0.3 is 9.55 Å². The lowest BCUT2D eigenvalue weighted by molar-refractivity contribution is 0.791. The first-order chi connectivity index (χ1) is 9.86. The third kappa shape index (κ3) is 1.54. The molecule has 1 N–H and O–H groups in total. The summed E-state index contributed by atoms with van der Waals surface area (Å²) < 4.78 is 2.19. The molecule has 4 rings (SSSR count). The first-order valence-corrected chi connectivity index (χ1v) is 6.77. The molecule has 2 aromatic heterocycles. The molecule has 0 amide bonds. The Kier molecular flexibility index (Phi) is 2.36. The molecule has 2 heterocycles. The van der Waals surface area contributed by atoms with Gasteiger partial charge in [0, 0.05) is 6.54 Å². The summed E-state index contributed by atoms with van der Waals surface area (Å²) in [5.74, 6) is 1.72. The Labute approximate surface area is 116 Å². The van der Waals surface area contributed by atoms with Crippen LogP contribution in [0.2, 0.25) is 0 Å². The van der Waals surface area contributed by atoms with Crippen LogP contribution in [0.25, 0.3) is 33.7 Å². The van der Waals surface area contributed by atoms with Crippen LogP contribution in [0.5, 0.6) is 0 Å². The summed E-state index contributed by atoms with van der Waals surface area (Å²) in [7, 11) is 0. The van der Waals surface area contributed by atoms with Gasteiger partial charge in [-0.2, -0.15) is 0 Å². The molecule has 0 unspecified atom stereocenters. The fourth-order valence-corrected chi connectivity index (χ4v) is 2.64. The van der Waals surface area contributed by atoms with Crippen LogP contribution >= 0.6 is 0 Å². The first-order valence-electron chi connectivity index (χ1n) is 6.77. The number of hydrogen-bond acceptors (Lipinski definition) is 2. The van der Waals surface area contributed by atoms with Crippen LogP contribution in [0, 0.1) is 0 Å². The summed E-state index contributed by atoms with van der Waals surface area (Å²) in [4.78, 5) is 12.7. The van der Waals surface area contributed by atoms with Gasteiger partial charge in [0.1, 0.15) is 0 Å². The summed E-state index contributed by atoms with van der Waals surface area (Å²) in [6.45, 7) is 2.99. The molecule has 4 heteroatoms. The second-order valence-corrected chi connectivity index (χ2v) is 4.77. The van der Waals surface area contributed by atoms with E-state index in [9.17, 15) is 0 Å². The highest BCUT2D eigenvalue weighted by Gasteiger charge is 2.14. The van der Waals surface area contributed by atoms with Crippen molar-refractivity contribution >= 4 is 22.1 Å². The number of fused-ring (bicyclic) bond motifs is 2. The number of benzene rings is 2. The molecule has 0 bridgehead atoms. The van der Waals surface area contributed by atoms with Crippen LogP contribution in [0.4, 0.5) is 0 Å². The summed E-state index contributed by atoms with van der Waals surface area (Å²) >= 11 is 0. The molecule has 0 aliphatic carbocycles. The van der Waals surface area contributed by atoms with Gasteiger partial charge >= 0.3 is 0 Å². The van der Waals surface area contributed by atoms with Crippen LogP contribution in [0.3, 0.4) is 0 Å². The van der Waals surface area contributed by atoms with Gasteiger partial charge in [0.05, 0.1) is 22.1 Å². The monoisotopic (exact) mass is 262 g/mol. The minimum absolute atomic E-state index is 0.823. The summed E-state index contributed by atoms with van der Waals surface area (Å²) in [5.41, 5.74) is 4.16. The van der Waals surface area contributed by atoms with E-state index in [4.69, 9.17) is 4.98 Å². The van der Waals surface area contributed by atoms with E-state index in [2.05, 4.69) is 27.5 Å². The number of para-hydroxylation sites is 4. The molecule has 0 aliphatic heterocycles. The van der Waals surface area contributed by atoms with Gasteiger partial charge in [-0.1, -0.05) is 24.3 Å². The predicted octanol–water partition coefficient (Wildman–Crippen LogP) is 3.60. The lowest BCUT2D eigenvalue weighted by Crippen LogP contribution is -1.98. The molecule has 0 atom stereocenters. The Bertz CT molecular complexity index is 868. The van der Waals surface area contributed by atoms with E-state index < -0.39 is 0 Å². The smallest absolute Gasteiger partial charge is 0.177 e. The van der Waals surface area contributed by atoms with Crippen molar-refractivity contribution in [2.45, 2.75) is 13.5 Å². The highest BCUT2D eigenvalue weighted by atomic mass is 15.1. The van der Waals surface area contributed by atoms with Crippen molar-refractivity contribution in [3.8, 4) is 11.6 Å². The average molecular weight is 262 g/mol. The fourth-order valence-electron chi connectivity index (χ4n) is 2.64. The van der Waals surface area contributed by atoms with Crippen molar-refractivity contribution in [1.82, 2.24) is 19.5 Å². The van der Waals surface area contributed by atoms with E-state index in [0.29, 0.717) is 0 Å². The molecule has 0 aliphatic rings. The van der Waals surface area contributed by atoms with Crippen molar-refractivity contribution in [3.63, 3.8) is 0 Å². The summed E-state index contributed by atoms with van der Waals surface area (Å²) in [6.07, 6.45) is 0. The van der Waals surface area contributed by atoms with Crippen LogP contribution < -0.4 is 0 Å². The van der Waals surface area contributed by atoms with Gasteiger partial charge in [0.25, 0.3) is 0 Å². The minimum atomic E-state index is 0.823. The Morgan fingerprint density at radius 1 is 0.950 bits per heavy atom. The van der Waals surface area contributed by atoms with Crippen LogP contribution in [0.15, 0.2) is 48.5 Å².